The van der Waals surface area contributed by atoms with Gasteiger partial charge in [0.1, 0.15) is 0 Å². The molecule has 2 unspecified atom stereocenters. The van der Waals surface area contributed by atoms with Gasteiger partial charge in [-0.15, -0.1) is 0 Å². The number of carboxylic acid groups (broad SMARTS) is 2. The van der Waals surface area contributed by atoms with E-state index >= 15 is 0 Å². The molecule has 2 N–H and O–H groups in total. The van der Waals surface area contributed by atoms with Crippen molar-refractivity contribution in [2.24, 2.45) is 22.7 Å². The highest BCUT2D eigenvalue weighted by atomic mass is 16.4. The van der Waals surface area contributed by atoms with Gasteiger partial charge in [-0.3, -0.25) is 9.59 Å². The number of hydrogen-bond donors (Lipinski definition) is 2. The second-order valence-corrected chi connectivity index (χ2v) is 7.34. The summed E-state index contributed by atoms with van der Waals surface area (Å²) in [6, 6.07) is 0. The fourth-order valence-corrected chi connectivity index (χ4v) is 3.95. The summed E-state index contributed by atoms with van der Waals surface area (Å²) in [6.45, 7) is 7.95. The van der Waals surface area contributed by atoms with Gasteiger partial charge in [-0.25, -0.2) is 0 Å². The van der Waals surface area contributed by atoms with Crippen molar-refractivity contribution < 1.29 is 19.8 Å². The Morgan fingerprint density at radius 3 is 2.05 bits per heavy atom. The van der Waals surface area contributed by atoms with Crippen molar-refractivity contribution >= 4 is 11.9 Å². The molecule has 2 atom stereocenters. The maximum atomic E-state index is 12.1. The lowest BCUT2D eigenvalue weighted by Crippen LogP contribution is -2.56. The Hall–Kier alpha value is -1.32. The van der Waals surface area contributed by atoms with E-state index < -0.39 is 22.8 Å². The van der Waals surface area contributed by atoms with Crippen LogP contribution < -0.4 is 0 Å². The van der Waals surface area contributed by atoms with E-state index in [1.165, 1.54) is 0 Å². The number of unbranched alkanes of at least 4 members (excludes halogenated alkanes) is 1. The van der Waals surface area contributed by atoms with Crippen LogP contribution in [0.15, 0.2) is 12.2 Å². The van der Waals surface area contributed by atoms with Gasteiger partial charge in [0.15, 0.2) is 0 Å². The molecule has 0 spiro atoms. The standard InChI is InChI=1S/C18H30O4/c1-13(2)9-5-6-10-17(15(19)20)11-7-8-12-18(17,14(3)4)16(21)22/h7-8,13-14H,5-6,9-12H2,1-4H3,(H,19,20)(H,21,22). The van der Waals surface area contributed by atoms with Gasteiger partial charge in [0.05, 0.1) is 10.8 Å². The number of allylic oxidation sites excluding steroid dienone is 2. The zero-order valence-electron chi connectivity index (χ0n) is 14.3. The summed E-state index contributed by atoms with van der Waals surface area (Å²) >= 11 is 0. The van der Waals surface area contributed by atoms with Gasteiger partial charge < -0.3 is 10.2 Å². The topological polar surface area (TPSA) is 74.6 Å². The van der Waals surface area contributed by atoms with Gasteiger partial charge in [-0.05, 0) is 31.1 Å². The zero-order valence-corrected chi connectivity index (χ0v) is 14.3. The molecule has 0 aromatic rings. The summed E-state index contributed by atoms with van der Waals surface area (Å²) in [6.07, 6.45) is 7.50. The summed E-state index contributed by atoms with van der Waals surface area (Å²) in [5.74, 6) is -1.58. The Labute approximate surface area is 133 Å². The SMILES string of the molecule is CC(C)CCCCC1(C(=O)O)CC=CCC1(C(=O)O)C(C)C. The normalized spacial score (nSPS) is 28.3. The van der Waals surface area contributed by atoms with Crippen molar-refractivity contribution in [3.05, 3.63) is 12.2 Å². The van der Waals surface area contributed by atoms with Crippen LogP contribution in [0.2, 0.25) is 0 Å². The summed E-state index contributed by atoms with van der Waals surface area (Å²) in [5, 5.41) is 19.8. The molecule has 0 saturated carbocycles. The Kier molecular flexibility index (Phi) is 6.21. The molecule has 0 radical (unpaired) electrons. The Morgan fingerprint density at radius 1 is 1.00 bits per heavy atom. The van der Waals surface area contributed by atoms with Crippen LogP contribution in [-0.4, -0.2) is 22.2 Å². The molecule has 0 bridgehead atoms. The number of carboxylic acids is 2. The van der Waals surface area contributed by atoms with Crippen LogP contribution in [0.1, 0.15) is 66.2 Å². The lowest BCUT2D eigenvalue weighted by molar-refractivity contribution is -0.181. The Balaban J connectivity index is 3.13. The van der Waals surface area contributed by atoms with Gasteiger partial charge in [0.25, 0.3) is 0 Å². The van der Waals surface area contributed by atoms with Crippen LogP contribution in [0.25, 0.3) is 0 Å². The van der Waals surface area contributed by atoms with E-state index in [1.807, 2.05) is 26.0 Å². The van der Waals surface area contributed by atoms with Crippen LogP contribution in [0, 0.1) is 22.7 Å². The molecule has 0 amide bonds. The van der Waals surface area contributed by atoms with Gasteiger partial charge in [0.2, 0.25) is 0 Å². The zero-order chi connectivity index (χ0) is 17.0. The van der Waals surface area contributed by atoms with Crippen molar-refractivity contribution in [3.8, 4) is 0 Å². The molecule has 1 rings (SSSR count). The summed E-state index contributed by atoms with van der Waals surface area (Å²) in [7, 11) is 0. The maximum Gasteiger partial charge on any atom is 0.311 e. The minimum atomic E-state index is -1.22. The van der Waals surface area contributed by atoms with Gasteiger partial charge in [0, 0.05) is 0 Å². The highest BCUT2D eigenvalue weighted by Gasteiger charge is 2.62. The van der Waals surface area contributed by atoms with Crippen molar-refractivity contribution in [3.63, 3.8) is 0 Å². The highest BCUT2D eigenvalue weighted by molar-refractivity contribution is 5.87. The smallest absolute Gasteiger partial charge is 0.311 e. The minimum absolute atomic E-state index is 0.226. The van der Waals surface area contributed by atoms with E-state index in [9.17, 15) is 19.8 Å². The van der Waals surface area contributed by atoms with Crippen molar-refractivity contribution in [1.29, 1.82) is 0 Å². The maximum absolute atomic E-state index is 12.1. The third-order valence-corrected chi connectivity index (χ3v) is 5.34. The lowest BCUT2D eigenvalue weighted by Gasteiger charge is -2.49. The molecule has 1 aliphatic rings. The highest BCUT2D eigenvalue weighted by Crippen LogP contribution is 2.56. The van der Waals surface area contributed by atoms with E-state index in [0.29, 0.717) is 25.2 Å². The minimum Gasteiger partial charge on any atom is -0.481 e. The third kappa shape index (κ3) is 3.21. The average molecular weight is 310 g/mol. The van der Waals surface area contributed by atoms with E-state index in [-0.39, 0.29) is 5.92 Å². The number of aliphatic carboxylic acids is 2. The van der Waals surface area contributed by atoms with Crippen LogP contribution >= 0.6 is 0 Å². The van der Waals surface area contributed by atoms with E-state index in [2.05, 4.69) is 13.8 Å². The predicted octanol–water partition coefficient (Wildman–Crippen LogP) is 4.35. The molecule has 0 fully saturated rings. The fraction of sp³-hybridized carbons (Fsp3) is 0.778. The first-order chi connectivity index (χ1) is 10.2. The monoisotopic (exact) mass is 310 g/mol. The van der Waals surface area contributed by atoms with Crippen LogP contribution in [-0.2, 0) is 9.59 Å². The number of hydrogen-bond acceptors (Lipinski definition) is 2. The molecule has 0 heterocycles. The van der Waals surface area contributed by atoms with Crippen LogP contribution in [0.3, 0.4) is 0 Å². The first kappa shape index (κ1) is 18.7. The molecule has 4 heteroatoms. The molecule has 0 saturated heterocycles. The molecule has 0 aromatic heterocycles. The first-order valence-corrected chi connectivity index (χ1v) is 8.32. The first-order valence-electron chi connectivity index (χ1n) is 8.32. The second kappa shape index (κ2) is 7.30. The largest absolute Gasteiger partial charge is 0.481 e. The molecule has 0 aliphatic heterocycles. The Morgan fingerprint density at radius 2 is 1.59 bits per heavy atom. The third-order valence-electron chi connectivity index (χ3n) is 5.34. The quantitative estimate of drug-likeness (QED) is 0.516. The van der Waals surface area contributed by atoms with Crippen LogP contribution in [0.4, 0.5) is 0 Å². The number of carbonyl (C=O) groups is 2. The lowest BCUT2D eigenvalue weighted by atomic mass is 9.51. The molecule has 126 valence electrons. The molecule has 0 aromatic carbocycles. The van der Waals surface area contributed by atoms with Crippen molar-refractivity contribution in [1.82, 2.24) is 0 Å². The summed E-state index contributed by atoms with van der Waals surface area (Å²) in [5.41, 5.74) is -2.41. The van der Waals surface area contributed by atoms with Crippen molar-refractivity contribution in [2.45, 2.75) is 66.2 Å². The molecule has 1 aliphatic carbocycles. The van der Waals surface area contributed by atoms with Crippen molar-refractivity contribution in [2.75, 3.05) is 0 Å². The molecule has 22 heavy (non-hydrogen) atoms. The molecular weight excluding hydrogens is 280 g/mol. The van der Waals surface area contributed by atoms with Crippen LogP contribution in [0.5, 0.6) is 0 Å². The predicted molar refractivity (Wildman–Crippen MR) is 86.7 cm³/mol. The summed E-state index contributed by atoms with van der Waals surface area (Å²) < 4.78 is 0. The molecular formula is C18H30O4. The molecule has 4 nitrogen and oxygen atoms in total. The van der Waals surface area contributed by atoms with E-state index in [4.69, 9.17) is 0 Å². The second-order valence-electron chi connectivity index (χ2n) is 7.34. The Bertz CT molecular complexity index is 438. The van der Waals surface area contributed by atoms with Gasteiger partial charge in [-0.1, -0.05) is 59.1 Å². The average Bonchev–Trinajstić information content (AvgIpc) is 2.42. The van der Waals surface area contributed by atoms with Gasteiger partial charge in [-0.2, -0.15) is 0 Å². The van der Waals surface area contributed by atoms with Gasteiger partial charge >= 0.3 is 11.9 Å². The fourth-order valence-electron chi connectivity index (χ4n) is 3.95. The summed E-state index contributed by atoms with van der Waals surface area (Å²) in [4.78, 5) is 24.2. The van der Waals surface area contributed by atoms with E-state index in [1.54, 1.807) is 0 Å². The van der Waals surface area contributed by atoms with E-state index in [0.717, 1.165) is 19.3 Å². The number of rotatable bonds is 8.